The lowest BCUT2D eigenvalue weighted by atomic mass is 10.3. The van der Waals surface area contributed by atoms with Gasteiger partial charge in [-0.05, 0) is 35.8 Å². The van der Waals surface area contributed by atoms with Crippen molar-refractivity contribution in [3.8, 4) is 0 Å². The number of rotatable bonds is 3. The molecule has 1 atom stereocenters. The molecule has 1 N–H and O–H groups in total. The van der Waals surface area contributed by atoms with Crippen LogP contribution in [-0.2, 0) is 0 Å². The van der Waals surface area contributed by atoms with E-state index in [2.05, 4.69) is 49.8 Å². The van der Waals surface area contributed by atoms with Crippen molar-refractivity contribution in [2.45, 2.75) is 19.9 Å². The Bertz CT molecular complexity index is 452. The molecule has 0 aromatic carbocycles. The molecule has 0 saturated heterocycles. The van der Waals surface area contributed by atoms with Crippen LogP contribution in [0.1, 0.15) is 22.9 Å². The Kier molecular flexibility index (Phi) is 3.38. The van der Waals surface area contributed by atoms with Crippen molar-refractivity contribution in [2.24, 2.45) is 0 Å². The van der Waals surface area contributed by atoms with Crippen molar-refractivity contribution in [1.29, 1.82) is 0 Å². The van der Waals surface area contributed by atoms with E-state index < -0.39 is 0 Å². The number of aryl methyl sites for hydroxylation is 1. The second kappa shape index (κ2) is 4.59. The van der Waals surface area contributed by atoms with Gasteiger partial charge in [0, 0.05) is 14.7 Å². The van der Waals surface area contributed by atoms with Crippen molar-refractivity contribution in [2.75, 3.05) is 5.32 Å². The fourth-order valence-corrected chi connectivity index (χ4v) is 3.30. The first-order chi connectivity index (χ1) is 7.15. The Morgan fingerprint density at radius 3 is 2.80 bits per heavy atom. The maximum atomic E-state index is 4.04. The highest BCUT2D eigenvalue weighted by Gasteiger charge is 2.09. The summed E-state index contributed by atoms with van der Waals surface area (Å²) in [6.07, 6.45) is 0. The summed E-state index contributed by atoms with van der Waals surface area (Å²) >= 11 is 6.76. The smallest absolute Gasteiger partial charge is 0.206 e. The van der Waals surface area contributed by atoms with Gasteiger partial charge < -0.3 is 5.32 Å². The zero-order chi connectivity index (χ0) is 10.8. The quantitative estimate of drug-likeness (QED) is 0.936. The molecule has 2 rings (SSSR count). The summed E-state index contributed by atoms with van der Waals surface area (Å²) in [5.74, 6) is 0. The molecule has 0 aliphatic heterocycles. The molecule has 0 radical (unpaired) electrons. The van der Waals surface area contributed by atoms with Gasteiger partial charge in [-0.1, -0.05) is 11.3 Å². The molecule has 0 spiro atoms. The number of hydrogen-bond donors (Lipinski definition) is 1. The van der Waals surface area contributed by atoms with Crippen LogP contribution in [0.5, 0.6) is 0 Å². The van der Waals surface area contributed by atoms with E-state index in [1.54, 1.807) is 22.7 Å². The number of thiophene rings is 1. The lowest BCUT2D eigenvalue weighted by Crippen LogP contribution is -2.04. The number of halogens is 1. The van der Waals surface area contributed by atoms with Crippen molar-refractivity contribution in [1.82, 2.24) is 10.2 Å². The molecule has 6 heteroatoms. The molecule has 0 aliphatic rings. The van der Waals surface area contributed by atoms with Crippen LogP contribution >= 0.6 is 38.6 Å². The second-order valence-electron chi connectivity index (χ2n) is 3.16. The van der Waals surface area contributed by atoms with Crippen LogP contribution in [0.3, 0.4) is 0 Å². The second-order valence-corrected chi connectivity index (χ2v) is 6.20. The van der Waals surface area contributed by atoms with E-state index in [0.29, 0.717) is 0 Å². The van der Waals surface area contributed by atoms with E-state index >= 15 is 0 Å². The highest BCUT2D eigenvalue weighted by atomic mass is 79.9. The Labute approximate surface area is 105 Å². The Balaban J connectivity index is 2.06. The fraction of sp³-hybridized carbons (Fsp3) is 0.333. The van der Waals surface area contributed by atoms with E-state index in [-0.39, 0.29) is 6.04 Å². The summed E-state index contributed by atoms with van der Waals surface area (Å²) in [6, 6.07) is 2.39. The topological polar surface area (TPSA) is 37.8 Å². The van der Waals surface area contributed by atoms with Crippen LogP contribution in [0.15, 0.2) is 15.9 Å². The van der Waals surface area contributed by atoms with E-state index in [0.717, 1.165) is 14.6 Å². The monoisotopic (exact) mass is 303 g/mol. The summed E-state index contributed by atoms with van der Waals surface area (Å²) in [7, 11) is 0. The molecule has 1 unspecified atom stereocenters. The number of anilines is 1. The lowest BCUT2D eigenvalue weighted by molar-refractivity contribution is 0.892. The van der Waals surface area contributed by atoms with Gasteiger partial charge in [-0.15, -0.1) is 21.5 Å². The molecule has 0 saturated carbocycles. The molecule has 0 fully saturated rings. The Morgan fingerprint density at radius 2 is 2.27 bits per heavy atom. The van der Waals surface area contributed by atoms with Crippen LogP contribution in [-0.4, -0.2) is 10.2 Å². The predicted molar refractivity (Wildman–Crippen MR) is 68.7 cm³/mol. The van der Waals surface area contributed by atoms with E-state index in [1.807, 2.05) is 6.92 Å². The SMILES string of the molecule is Cc1nnc(NC(C)c2cc(Br)cs2)s1. The van der Waals surface area contributed by atoms with Gasteiger partial charge in [-0.2, -0.15) is 0 Å². The van der Waals surface area contributed by atoms with Gasteiger partial charge in [0.1, 0.15) is 5.01 Å². The number of aromatic nitrogens is 2. The Hall–Kier alpha value is -0.460. The molecular formula is C9H10BrN3S2. The van der Waals surface area contributed by atoms with Crippen molar-refractivity contribution in [3.63, 3.8) is 0 Å². The summed E-state index contributed by atoms with van der Waals surface area (Å²) in [4.78, 5) is 1.29. The average molecular weight is 304 g/mol. The number of nitrogens with zero attached hydrogens (tertiary/aromatic N) is 2. The van der Waals surface area contributed by atoms with Crippen LogP contribution in [0.2, 0.25) is 0 Å². The van der Waals surface area contributed by atoms with Crippen molar-refractivity contribution in [3.05, 3.63) is 25.8 Å². The van der Waals surface area contributed by atoms with Gasteiger partial charge in [-0.3, -0.25) is 0 Å². The fourth-order valence-electron chi connectivity index (χ4n) is 1.17. The zero-order valence-electron chi connectivity index (χ0n) is 8.32. The maximum Gasteiger partial charge on any atom is 0.206 e. The molecule has 2 heterocycles. The largest absolute Gasteiger partial charge is 0.353 e. The average Bonchev–Trinajstić information content (AvgIpc) is 2.75. The molecule has 0 amide bonds. The van der Waals surface area contributed by atoms with Crippen molar-refractivity contribution >= 4 is 43.7 Å². The van der Waals surface area contributed by atoms with Crippen molar-refractivity contribution < 1.29 is 0 Å². The van der Waals surface area contributed by atoms with Gasteiger partial charge in [0.15, 0.2) is 0 Å². The van der Waals surface area contributed by atoms with Gasteiger partial charge in [0.25, 0.3) is 0 Å². The molecule has 15 heavy (non-hydrogen) atoms. The standard InChI is InChI=1S/C9H10BrN3S2/c1-5(8-3-7(10)4-14-8)11-9-13-12-6(2)15-9/h3-5H,1-2H3,(H,11,13). The molecule has 0 bridgehead atoms. The van der Waals surface area contributed by atoms with E-state index in [4.69, 9.17) is 0 Å². The van der Waals surface area contributed by atoms with Crippen LogP contribution in [0, 0.1) is 6.92 Å². The summed E-state index contributed by atoms with van der Waals surface area (Å²) < 4.78 is 1.13. The molecule has 3 nitrogen and oxygen atoms in total. The van der Waals surface area contributed by atoms with Gasteiger partial charge in [0.2, 0.25) is 5.13 Å². The summed E-state index contributed by atoms with van der Waals surface area (Å²) in [5, 5.41) is 15.3. The van der Waals surface area contributed by atoms with Gasteiger partial charge in [-0.25, -0.2) is 0 Å². The third-order valence-electron chi connectivity index (χ3n) is 1.88. The van der Waals surface area contributed by atoms with Crippen LogP contribution < -0.4 is 5.32 Å². The minimum atomic E-state index is 0.272. The highest BCUT2D eigenvalue weighted by Crippen LogP contribution is 2.28. The molecule has 2 aromatic rings. The summed E-state index contributed by atoms with van der Waals surface area (Å²) in [6.45, 7) is 4.07. The van der Waals surface area contributed by atoms with E-state index in [9.17, 15) is 0 Å². The molecule has 2 aromatic heterocycles. The van der Waals surface area contributed by atoms with Gasteiger partial charge >= 0.3 is 0 Å². The first kappa shape index (κ1) is 11.0. The lowest BCUT2D eigenvalue weighted by Gasteiger charge is -2.09. The molecule has 0 aliphatic carbocycles. The highest BCUT2D eigenvalue weighted by molar-refractivity contribution is 9.10. The first-order valence-corrected chi connectivity index (χ1v) is 6.94. The Morgan fingerprint density at radius 1 is 1.47 bits per heavy atom. The number of hydrogen-bond acceptors (Lipinski definition) is 5. The van der Waals surface area contributed by atoms with Crippen LogP contribution in [0.4, 0.5) is 5.13 Å². The third-order valence-corrected chi connectivity index (χ3v) is 4.53. The summed E-state index contributed by atoms with van der Waals surface area (Å²) in [5.41, 5.74) is 0. The third kappa shape index (κ3) is 2.76. The molecular weight excluding hydrogens is 294 g/mol. The first-order valence-electron chi connectivity index (χ1n) is 4.45. The van der Waals surface area contributed by atoms with E-state index in [1.165, 1.54) is 4.88 Å². The zero-order valence-corrected chi connectivity index (χ0v) is 11.5. The number of nitrogens with one attached hydrogen (secondary N) is 1. The van der Waals surface area contributed by atoms with Crippen LogP contribution in [0.25, 0.3) is 0 Å². The normalized spacial score (nSPS) is 12.7. The maximum absolute atomic E-state index is 4.04. The van der Waals surface area contributed by atoms with Gasteiger partial charge in [0.05, 0.1) is 6.04 Å². The molecule has 80 valence electrons. The minimum Gasteiger partial charge on any atom is -0.353 e. The minimum absolute atomic E-state index is 0.272. The predicted octanol–water partition coefficient (Wildman–Crippen LogP) is 3.84.